The van der Waals surface area contributed by atoms with Crippen molar-refractivity contribution in [1.82, 2.24) is 10.2 Å². The number of H-pyrrole nitrogens is 1. The van der Waals surface area contributed by atoms with Gasteiger partial charge in [-0.25, -0.2) is 0 Å². The van der Waals surface area contributed by atoms with Gasteiger partial charge in [0.15, 0.2) is 0 Å². The number of rotatable bonds is 1. The van der Waals surface area contributed by atoms with Gasteiger partial charge < -0.3 is 10.5 Å². The van der Waals surface area contributed by atoms with E-state index in [1.54, 1.807) is 11.3 Å². The molecule has 3 N–H and O–H groups in total. The van der Waals surface area contributed by atoms with Crippen molar-refractivity contribution in [2.75, 3.05) is 0 Å². The van der Waals surface area contributed by atoms with Crippen LogP contribution in [0.4, 0.5) is 0 Å². The predicted molar refractivity (Wildman–Crippen MR) is 80.9 cm³/mol. The summed E-state index contributed by atoms with van der Waals surface area (Å²) in [5, 5.41) is 20.8. The highest BCUT2D eigenvalue weighted by Crippen LogP contribution is 2.45. The second kappa shape index (κ2) is 4.64. The lowest BCUT2D eigenvalue weighted by Gasteiger charge is -2.26. The van der Waals surface area contributed by atoms with Gasteiger partial charge in [0.05, 0.1) is 11.5 Å². The molecule has 5 nitrogen and oxygen atoms in total. The summed E-state index contributed by atoms with van der Waals surface area (Å²) in [5.74, 6) is 0.374. The number of thiophene rings is 1. The third-order valence-corrected chi connectivity index (χ3v) is 4.27. The zero-order valence-electron chi connectivity index (χ0n) is 12.1. The fourth-order valence-corrected chi connectivity index (χ4v) is 3.28. The molecule has 1 aliphatic heterocycles. The quantitative estimate of drug-likeness (QED) is 0.847. The zero-order valence-corrected chi connectivity index (χ0v) is 12.9. The van der Waals surface area contributed by atoms with Crippen molar-refractivity contribution in [2.24, 2.45) is 5.73 Å². The van der Waals surface area contributed by atoms with Crippen LogP contribution in [0.3, 0.4) is 0 Å². The zero-order chi connectivity index (χ0) is 15.2. The van der Waals surface area contributed by atoms with Gasteiger partial charge in [0.2, 0.25) is 11.8 Å². The molecule has 0 aliphatic carbocycles. The molecule has 0 unspecified atom stereocenters. The van der Waals surface area contributed by atoms with E-state index in [2.05, 4.69) is 37.0 Å². The highest BCUT2D eigenvalue weighted by molar-refractivity contribution is 7.08. The molecule has 0 radical (unpaired) electrons. The topological polar surface area (TPSA) is 87.7 Å². The predicted octanol–water partition coefficient (Wildman–Crippen LogP) is 2.99. The molecule has 3 heterocycles. The van der Waals surface area contributed by atoms with Crippen molar-refractivity contribution in [1.29, 1.82) is 5.26 Å². The van der Waals surface area contributed by atoms with Crippen molar-refractivity contribution >= 4 is 11.3 Å². The minimum atomic E-state index is -0.224. The summed E-state index contributed by atoms with van der Waals surface area (Å²) in [6.07, 6.45) is 0. The van der Waals surface area contributed by atoms with Gasteiger partial charge >= 0.3 is 0 Å². The molecule has 0 bridgehead atoms. The number of aromatic amines is 1. The standard InChI is InChI=1S/C15H16N4OS/c1-15(2,3)12-11-10(8-4-5-21-7-8)9(6-16)13(17)20-14(11)19-18-12/h4-5,7,10H,17H2,1-3H3,(H,18,19)/t10-/m0/s1. The molecule has 6 heteroatoms. The number of hydrogen-bond acceptors (Lipinski definition) is 5. The molecule has 2 aromatic heterocycles. The molecule has 0 saturated carbocycles. The number of hydrogen-bond donors (Lipinski definition) is 2. The van der Waals surface area contributed by atoms with Gasteiger partial charge in [0.1, 0.15) is 11.6 Å². The first-order valence-electron chi connectivity index (χ1n) is 6.62. The van der Waals surface area contributed by atoms with Crippen LogP contribution in [0.5, 0.6) is 5.88 Å². The van der Waals surface area contributed by atoms with Crippen LogP contribution in [-0.2, 0) is 5.41 Å². The Bertz CT molecular complexity index is 744. The maximum Gasteiger partial charge on any atom is 0.244 e. The number of allylic oxidation sites excluding steroid dienone is 1. The maximum atomic E-state index is 9.49. The number of nitriles is 1. The van der Waals surface area contributed by atoms with E-state index in [0.717, 1.165) is 16.8 Å². The summed E-state index contributed by atoms with van der Waals surface area (Å²) in [6, 6.07) is 4.20. The third kappa shape index (κ3) is 2.10. The van der Waals surface area contributed by atoms with E-state index in [9.17, 15) is 5.26 Å². The van der Waals surface area contributed by atoms with E-state index in [0.29, 0.717) is 11.5 Å². The van der Waals surface area contributed by atoms with Crippen LogP contribution in [0.1, 0.15) is 43.5 Å². The molecule has 3 rings (SSSR count). The van der Waals surface area contributed by atoms with Crippen LogP contribution in [-0.4, -0.2) is 10.2 Å². The summed E-state index contributed by atoms with van der Waals surface area (Å²) < 4.78 is 5.54. The molecule has 108 valence electrons. The lowest BCUT2D eigenvalue weighted by atomic mass is 9.79. The van der Waals surface area contributed by atoms with Gasteiger partial charge in [-0.1, -0.05) is 20.8 Å². The highest BCUT2D eigenvalue weighted by Gasteiger charge is 2.37. The summed E-state index contributed by atoms with van der Waals surface area (Å²) in [5.41, 5.74) is 9.12. The Balaban J connectivity index is 2.26. The van der Waals surface area contributed by atoms with Crippen molar-refractivity contribution in [3.63, 3.8) is 0 Å². The van der Waals surface area contributed by atoms with Crippen LogP contribution in [0.15, 0.2) is 28.3 Å². The molecule has 21 heavy (non-hydrogen) atoms. The second-order valence-electron chi connectivity index (χ2n) is 6.05. The minimum absolute atomic E-state index is 0.133. The highest BCUT2D eigenvalue weighted by atomic mass is 32.1. The maximum absolute atomic E-state index is 9.49. The van der Waals surface area contributed by atoms with Crippen molar-refractivity contribution < 1.29 is 4.74 Å². The average molecular weight is 300 g/mol. The molecule has 0 fully saturated rings. The molecule has 1 aliphatic rings. The van der Waals surface area contributed by atoms with E-state index in [1.165, 1.54) is 0 Å². The van der Waals surface area contributed by atoms with E-state index in [1.807, 2.05) is 16.8 Å². The fourth-order valence-electron chi connectivity index (χ4n) is 2.59. The van der Waals surface area contributed by atoms with E-state index in [-0.39, 0.29) is 17.2 Å². The number of nitrogens with zero attached hydrogens (tertiary/aromatic N) is 2. The monoisotopic (exact) mass is 300 g/mol. The first-order chi connectivity index (χ1) is 9.93. The average Bonchev–Trinajstić information content (AvgIpc) is 3.04. The number of nitrogens with two attached hydrogens (primary N) is 1. The summed E-state index contributed by atoms with van der Waals surface area (Å²) in [7, 11) is 0. The van der Waals surface area contributed by atoms with Gasteiger partial charge in [0, 0.05) is 11.1 Å². The molecule has 0 aromatic carbocycles. The van der Waals surface area contributed by atoms with Crippen LogP contribution in [0.2, 0.25) is 0 Å². The van der Waals surface area contributed by atoms with Crippen molar-refractivity contribution in [3.05, 3.63) is 45.1 Å². The molecule has 1 atom stereocenters. The molecular weight excluding hydrogens is 284 g/mol. The molecule has 0 spiro atoms. The van der Waals surface area contributed by atoms with Gasteiger partial charge in [-0.15, -0.1) is 5.10 Å². The Morgan fingerprint density at radius 3 is 2.81 bits per heavy atom. The second-order valence-corrected chi connectivity index (χ2v) is 6.83. The van der Waals surface area contributed by atoms with Gasteiger partial charge in [-0.05, 0) is 22.4 Å². The van der Waals surface area contributed by atoms with Crippen molar-refractivity contribution in [3.8, 4) is 11.9 Å². The first-order valence-corrected chi connectivity index (χ1v) is 7.56. The number of nitrogens with one attached hydrogen (secondary N) is 1. The Labute approximate surface area is 127 Å². The summed E-state index contributed by atoms with van der Waals surface area (Å²) in [6.45, 7) is 6.29. The lowest BCUT2D eigenvalue weighted by Crippen LogP contribution is -2.23. The lowest BCUT2D eigenvalue weighted by molar-refractivity contribution is 0.378. The molecular formula is C15H16N4OS. The van der Waals surface area contributed by atoms with Crippen LogP contribution < -0.4 is 10.5 Å². The Hall–Kier alpha value is -2.26. The smallest absolute Gasteiger partial charge is 0.244 e. The SMILES string of the molecule is CC(C)(C)c1[nH]nc2c1[C@@H](c1ccsc1)C(C#N)=C(N)O2. The number of fused-ring (bicyclic) bond motifs is 1. The van der Waals surface area contributed by atoms with Gasteiger partial charge in [-0.3, -0.25) is 5.10 Å². The molecule has 2 aromatic rings. The molecule has 0 saturated heterocycles. The number of aromatic nitrogens is 2. The van der Waals surface area contributed by atoms with Crippen molar-refractivity contribution in [2.45, 2.75) is 32.1 Å². The normalized spacial score (nSPS) is 18.1. The summed E-state index contributed by atoms with van der Waals surface area (Å²) >= 11 is 1.59. The van der Waals surface area contributed by atoms with Crippen LogP contribution in [0, 0.1) is 11.3 Å². The fraction of sp³-hybridized carbons (Fsp3) is 0.333. The number of ether oxygens (including phenoxy) is 1. The largest absolute Gasteiger partial charge is 0.420 e. The first kappa shape index (κ1) is 13.7. The Kier molecular flexibility index (Phi) is 3.03. The van der Waals surface area contributed by atoms with E-state index >= 15 is 0 Å². The van der Waals surface area contributed by atoms with E-state index < -0.39 is 0 Å². The van der Waals surface area contributed by atoms with E-state index in [4.69, 9.17) is 10.5 Å². The summed E-state index contributed by atoms with van der Waals surface area (Å²) in [4.78, 5) is 0. The van der Waals surface area contributed by atoms with Gasteiger partial charge in [0.25, 0.3) is 0 Å². The third-order valence-electron chi connectivity index (χ3n) is 3.57. The minimum Gasteiger partial charge on any atom is -0.420 e. The van der Waals surface area contributed by atoms with Gasteiger partial charge in [-0.2, -0.15) is 16.6 Å². The van der Waals surface area contributed by atoms with Crippen LogP contribution in [0.25, 0.3) is 0 Å². The Morgan fingerprint density at radius 1 is 1.48 bits per heavy atom. The Morgan fingerprint density at radius 2 is 2.24 bits per heavy atom. The molecule has 0 amide bonds. The van der Waals surface area contributed by atoms with Crippen LogP contribution >= 0.6 is 11.3 Å².